The molecular weight excluding hydrogens is 665 g/mol. The molecule has 4 unspecified atom stereocenters. The molecule has 0 aliphatic carbocycles. The molecular formula is C43H50N6O4. The Labute approximate surface area is 311 Å². The lowest BCUT2D eigenvalue weighted by atomic mass is 9.98. The summed E-state index contributed by atoms with van der Waals surface area (Å²) < 4.78 is 11.4. The van der Waals surface area contributed by atoms with Crippen molar-refractivity contribution in [1.29, 1.82) is 0 Å². The zero-order chi connectivity index (χ0) is 37.7. The van der Waals surface area contributed by atoms with Gasteiger partial charge >= 0.3 is 12.2 Å². The number of carbonyl (C=O) groups excluding carboxylic acids is 2. The molecule has 5 aromatic rings. The van der Waals surface area contributed by atoms with E-state index in [4.69, 9.17) is 19.4 Å². The Hall–Kier alpha value is -5.38. The third-order valence-electron chi connectivity index (χ3n) is 9.94. The number of hydrogen-bond acceptors (Lipinski definition) is 6. The van der Waals surface area contributed by atoms with Crippen LogP contribution < -0.4 is 0 Å². The van der Waals surface area contributed by atoms with Gasteiger partial charge in [0.1, 0.15) is 22.9 Å². The number of rotatable bonds is 6. The second kappa shape index (κ2) is 13.9. The number of nitrogens with zero attached hydrogens (tertiary/aromatic N) is 4. The number of ether oxygens (including phenoxy) is 2. The highest BCUT2D eigenvalue weighted by Crippen LogP contribution is 2.38. The van der Waals surface area contributed by atoms with E-state index in [2.05, 4.69) is 84.1 Å². The van der Waals surface area contributed by atoms with Crippen molar-refractivity contribution in [3.05, 3.63) is 97.4 Å². The van der Waals surface area contributed by atoms with E-state index in [1.165, 1.54) is 0 Å². The minimum Gasteiger partial charge on any atom is -0.444 e. The van der Waals surface area contributed by atoms with Gasteiger partial charge in [-0.3, -0.25) is 9.80 Å². The van der Waals surface area contributed by atoms with E-state index in [-0.39, 0.29) is 30.2 Å². The van der Waals surface area contributed by atoms with Gasteiger partial charge in [-0.2, -0.15) is 0 Å². The van der Waals surface area contributed by atoms with Gasteiger partial charge in [-0.25, -0.2) is 19.6 Å². The fourth-order valence-electron chi connectivity index (χ4n) is 7.39. The van der Waals surface area contributed by atoms with Crippen LogP contribution >= 0.6 is 0 Å². The quantitative estimate of drug-likeness (QED) is 0.169. The maximum absolute atomic E-state index is 13.1. The molecule has 0 saturated carbocycles. The number of likely N-dealkylation sites (tertiary alicyclic amines) is 2. The van der Waals surface area contributed by atoms with Crippen molar-refractivity contribution in [1.82, 2.24) is 29.7 Å². The molecule has 2 aliphatic rings. The summed E-state index contributed by atoms with van der Waals surface area (Å²) in [5.41, 5.74) is 4.97. The van der Waals surface area contributed by atoms with Gasteiger partial charge in [0, 0.05) is 18.7 Å². The number of hydrogen-bond donors (Lipinski definition) is 2. The lowest BCUT2D eigenvalue weighted by Gasteiger charge is -2.27. The average Bonchev–Trinajstić information content (AvgIpc) is 3.92. The number of aromatic amines is 2. The van der Waals surface area contributed by atoms with Crippen LogP contribution in [-0.2, 0) is 9.47 Å². The zero-order valence-corrected chi connectivity index (χ0v) is 31.8. The van der Waals surface area contributed by atoms with Crippen LogP contribution in [0.3, 0.4) is 0 Å². The molecule has 2 N–H and O–H groups in total. The number of benzene rings is 3. The van der Waals surface area contributed by atoms with E-state index in [1.807, 2.05) is 60.0 Å². The normalized spacial score (nSPS) is 20.6. The predicted molar refractivity (Wildman–Crippen MR) is 208 cm³/mol. The van der Waals surface area contributed by atoms with Gasteiger partial charge in [0.15, 0.2) is 0 Å². The van der Waals surface area contributed by atoms with Gasteiger partial charge in [0.05, 0.1) is 35.9 Å². The molecule has 0 spiro atoms. The summed E-state index contributed by atoms with van der Waals surface area (Å²) >= 11 is 0. The Balaban J connectivity index is 1.05. The topological polar surface area (TPSA) is 116 Å². The first kappa shape index (κ1) is 36.0. The first-order valence-corrected chi connectivity index (χ1v) is 18.5. The summed E-state index contributed by atoms with van der Waals surface area (Å²) in [6.07, 6.45) is 6.54. The van der Waals surface area contributed by atoms with Gasteiger partial charge in [-0.15, -0.1) is 6.58 Å². The van der Waals surface area contributed by atoms with Gasteiger partial charge < -0.3 is 19.4 Å². The Morgan fingerprint density at radius 2 is 1.17 bits per heavy atom. The molecule has 2 aliphatic heterocycles. The van der Waals surface area contributed by atoms with Crippen molar-refractivity contribution in [3.63, 3.8) is 0 Å². The first-order chi connectivity index (χ1) is 25.1. The molecule has 10 heteroatoms. The van der Waals surface area contributed by atoms with Crippen LogP contribution in [0.25, 0.3) is 44.4 Å². The maximum Gasteiger partial charge on any atom is 0.410 e. The molecule has 2 saturated heterocycles. The minimum absolute atomic E-state index is 0.145. The highest BCUT2D eigenvalue weighted by atomic mass is 16.6. The van der Waals surface area contributed by atoms with E-state index in [9.17, 15) is 9.59 Å². The van der Waals surface area contributed by atoms with E-state index in [0.717, 1.165) is 68.9 Å². The molecule has 10 nitrogen and oxygen atoms in total. The van der Waals surface area contributed by atoms with Crippen LogP contribution in [0.4, 0.5) is 9.59 Å². The monoisotopic (exact) mass is 714 g/mol. The van der Waals surface area contributed by atoms with Crippen molar-refractivity contribution >= 4 is 23.0 Å². The van der Waals surface area contributed by atoms with Crippen molar-refractivity contribution in [2.24, 2.45) is 11.8 Å². The number of amides is 2. The largest absolute Gasteiger partial charge is 0.444 e. The summed E-state index contributed by atoms with van der Waals surface area (Å²) in [7, 11) is 0. The Bertz CT molecular complexity index is 2140. The average molecular weight is 715 g/mol. The van der Waals surface area contributed by atoms with Gasteiger partial charge in [0.25, 0.3) is 0 Å². The molecule has 3 aromatic carbocycles. The fraction of sp³-hybridized carbons (Fsp3) is 0.395. The SMILES string of the molecule is C=CC1CC(c2ncc(-c3ccc4cc(-c5ccc(-c6cnc(C7CC(C)CN7C(=O)OC(C)(C)C)[nH]6)cc5)ccc4c3)[nH]2)N(C(=O)OC(C)(C)C)C1. The van der Waals surface area contributed by atoms with E-state index in [0.29, 0.717) is 19.0 Å². The van der Waals surface area contributed by atoms with E-state index >= 15 is 0 Å². The van der Waals surface area contributed by atoms with Crippen LogP contribution in [-0.4, -0.2) is 66.2 Å². The highest BCUT2D eigenvalue weighted by Gasteiger charge is 2.40. The molecule has 276 valence electrons. The molecule has 0 bridgehead atoms. The van der Waals surface area contributed by atoms with Crippen LogP contribution in [0.15, 0.2) is 85.7 Å². The molecule has 7 rings (SSSR count). The van der Waals surface area contributed by atoms with Crippen molar-refractivity contribution in [2.45, 2.75) is 84.6 Å². The fourth-order valence-corrected chi connectivity index (χ4v) is 7.39. The smallest absolute Gasteiger partial charge is 0.410 e. The van der Waals surface area contributed by atoms with Crippen LogP contribution in [0.2, 0.25) is 0 Å². The third kappa shape index (κ3) is 7.87. The maximum atomic E-state index is 13.1. The van der Waals surface area contributed by atoms with Crippen LogP contribution in [0.1, 0.15) is 85.0 Å². The standard InChI is InChI=1S/C43H50N6O4/c1-9-27-19-37(49(25-27)41(51)53-43(6,7)8)39-45-23-35(47-39)33-17-16-31-20-30(14-15-32(31)21-33)28-10-12-29(13-11-28)34-22-44-38(46-34)36-18-26(2)24-48(36)40(50)52-42(3,4)5/h9-17,20-23,26-27,36-37H,1,18-19,24-25H2,2-8H3,(H,44,46)(H,45,47). The molecule has 2 aromatic heterocycles. The van der Waals surface area contributed by atoms with Gasteiger partial charge in [-0.05, 0) is 106 Å². The zero-order valence-electron chi connectivity index (χ0n) is 31.8. The molecule has 4 heterocycles. The molecule has 2 fully saturated rings. The second-order valence-electron chi connectivity index (χ2n) is 16.6. The second-order valence-corrected chi connectivity index (χ2v) is 16.6. The summed E-state index contributed by atoms with van der Waals surface area (Å²) in [6, 6.07) is 21.0. The lowest BCUT2D eigenvalue weighted by Crippen LogP contribution is -2.37. The van der Waals surface area contributed by atoms with Crippen LogP contribution in [0.5, 0.6) is 0 Å². The Kier molecular flexibility index (Phi) is 9.42. The number of nitrogens with one attached hydrogen (secondary N) is 2. The molecule has 53 heavy (non-hydrogen) atoms. The Morgan fingerprint density at radius 3 is 1.74 bits per heavy atom. The van der Waals surface area contributed by atoms with E-state index in [1.54, 1.807) is 9.80 Å². The summed E-state index contributed by atoms with van der Waals surface area (Å²) in [6.45, 7) is 18.6. The first-order valence-electron chi connectivity index (χ1n) is 18.5. The summed E-state index contributed by atoms with van der Waals surface area (Å²) in [4.78, 5) is 46.0. The van der Waals surface area contributed by atoms with Crippen molar-refractivity contribution in [3.8, 4) is 33.6 Å². The Morgan fingerprint density at radius 1 is 0.698 bits per heavy atom. The summed E-state index contributed by atoms with van der Waals surface area (Å²) in [5, 5.41) is 2.25. The predicted octanol–water partition coefficient (Wildman–Crippen LogP) is 10.1. The van der Waals surface area contributed by atoms with Crippen molar-refractivity contribution in [2.75, 3.05) is 13.1 Å². The van der Waals surface area contributed by atoms with Crippen molar-refractivity contribution < 1.29 is 19.1 Å². The van der Waals surface area contributed by atoms with Gasteiger partial charge in [0.2, 0.25) is 0 Å². The van der Waals surface area contributed by atoms with E-state index < -0.39 is 11.2 Å². The molecule has 2 amide bonds. The minimum atomic E-state index is -0.578. The lowest BCUT2D eigenvalue weighted by molar-refractivity contribution is 0.0205. The molecule has 0 radical (unpaired) electrons. The number of carbonyl (C=O) groups is 2. The number of fused-ring (bicyclic) bond motifs is 1. The molecule has 4 atom stereocenters. The van der Waals surface area contributed by atoms with Gasteiger partial charge in [-0.1, -0.05) is 61.5 Å². The van der Waals surface area contributed by atoms with Crippen LogP contribution in [0, 0.1) is 11.8 Å². The number of aromatic nitrogens is 4. The summed E-state index contributed by atoms with van der Waals surface area (Å²) in [5.74, 6) is 2.06. The number of H-pyrrole nitrogens is 2. The highest BCUT2D eigenvalue weighted by molar-refractivity contribution is 5.90. The third-order valence-corrected chi connectivity index (χ3v) is 9.94. The number of imidazole rings is 2.